The number of halogens is 1. The summed E-state index contributed by atoms with van der Waals surface area (Å²) >= 11 is 6.40. The third kappa shape index (κ3) is 3.00. The third-order valence-corrected chi connectivity index (χ3v) is 4.41. The first-order chi connectivity index (χ1) is 10.2. The van der Waals surface area contributed by atoms with Crippen LogP contribution in [-0.4, -0.2) is 49.1 Å². The molecule has 6 heteroatoms. The van der Waals surface area contributed by atoms with Crippen molar-refractivity contribution in [2.24, 2.45) is 0 Å². The highest BCUT2D eigenvalue weighted by Crippen LogP contribution is 2.33. The lowest BCUT2D eigenvalue weighted by atomic mass is 9.95. The molecule has 1 amide bonds. The van der Waals surface area contributed by atoms with Gasteiger partial charge >= 0.3 is 6.09 Å². The molecule has 0 saturated carbocycles. The van der Waals surface area contributed by atoms with Crippen LogP contribution >= 0.6 is 11.6 Å². The van der Waals surface area contributed by atoms with Gasteiger partial charge in [0.05, 0.1) is 25.9 Å². The number of carboxylic acid groups (broad SMARTS) is 1. The van der Waals surface area contributed by atoms with Crippen molar-refractivity contribution in [3.05, 3.63) is 34.3 Å². The summed E-state index contributed by atoms with van der Waals surface area (Å²) in [5.74, 6) is 0.400. The van der Waals surface area contributed by atoms with Gasteiger partial charge in [-0.2, -0.15) is 0 Å². The van der Waals surface area contributed by atoms with Gasteiger partial charge in [-0.25, -0.2) is 4.79 Å². The van der Waals surface area contributed by atoms with E-state index in [2.05, 4.69) is 0 Å². The van der Waals surface area contributed by atoms with Crippen molar-refractivity contribution in [3.8, 4) is 0 Å². The molecule has 2 fully saturated rings. The van der Waals surface area contributed by atoms with Gasteiger partial charge in [-0.3, -0.25) is 4.90 Å². The van der Waals surface area contributed by atoms with Gasteiger partial charge in [0.1, 0.15) is 0 Å². The van der Waals surface area contributed by atoms with E-state index < -0.39 is 6.09 Å². The Morgan fingerprint density at radius 3 is 2.71 bits per heavy atom. The number of hydrogen-bond donors (Lipinski definition) is 1. The van der Waals surface area contributed by atoms with Gasteiger partial charge in [0.15, 0.2) is 0 Å². The summed E-state index contributed by atoms with van der Waals surface area (Å²) < 4.78 is 10.7. The van der Waals surface area contributed by atoms with Crippen molar-refractivity contribution in [3.63, 3.8) is 0 Å². The summed E-state index contributed by atoms with van der Waals surface area (Å²) in [6.07, 6.45) is -0.226. The largest absolute Gasteiger partial charge is 0.465 e. The Labute approximate surface area is 128 Å². The predicted molar refractivity (Wildman–Crippen MR) is 77.9 cm³/mol. The molecule has 2 aliphatic rings. The van der Waals surface area contributed by atoms with E-state index in [9.17, 15) is 9.90 Å². The van der Waals surface area contributed by atoms with E-state index in [1.165, 1.54) is 4.90 Å². The van der Waals surface area contributed by atoms with E-state index in [4.69, 9.17) is 21.1 Å². The van der Waals surface area contributed by atoms with E-state index in [1.54, 1.807) is 0 Å². The second-order valence-electron chi connectivity index (χ2n) is 5.44. The van der Waals surface area contributed by atoms with Gasteiger partial charge in [-0.15, -0.1) is 0 Å². The Hall–Kier alpha value is -1.30. The van der Waals surface area contributed by atoms with Gasteiger partial charge in [-0.05, 0) is 23.6 Å². The van der Waals surface area contributed by atoms with Crippen LogP contribution in [0.1, 0.15) is 29.5 Å². The average Bonchev–Trinajstić information content (AvgIpc) is 2.62. The zero-order chi connectivity index (χ0) is 14.8. The fraction of sp³-hybridized carbons (Fsp3) is 0.533. The molecule has 1 atom stereocenters. The molecule has 2 saturated heterocycles. The van der Waals surface area contributed by atoms with Crippen LogP contribution in [0.25, 0.3) is 0 Å². The lowest BCUT2D eigenvalue weighted by Crippen LogP contribution is -2.35. The van der Waals surface area contributed by atoms with Gasteiger partial charge < -0.3 is 14.6 Å². The maximum Gasteiger partial charge on any atom is 0.407 e. The van der Waals surface area contributed by atoms with Gasteiger partial charge in [0, 0.05) is 24.1 Å². The molecule has 1 N–H and O–H groups in total. The van der Waals surface area contributed by atoms with Crippen LogP contribution in [-0.2, 0) is 9.47 Å². The molecule has 1 unspecified atom stereocenters. The van der Waals surface area contributed by atoms with Crippen molar-refractivity contribution >= 4 is 17.7 Å². The summed E-state index contributed by atoms with van der Waals surface area (Å²) in [4.78, 5) is 12.9. The Balaban J connectivity index is 1.87. The fourth-order valence-corrected chi connectivity index (χ4v) is 3.07. The Kier molecular flexibility index (Phi) is 4.33. The molecule has 0 bridgehead atoms. The maximum absolute atomic E-state index is 11.4. The molecule has 2 heterocycles. The molecule has 1 aromatic rings. The molecule has 5 nitrogen and oxygen atoms in total. The second kappa shape index (κ2) is 6.22. The summed E-state index contributed by atoms with van der Waals surface area (Å²) in [5, 5.41) is 9.98. The van der Waals surface area contributed by atoms with Crippen LogP contribution in [0.2, 0.25) is 5.02 Å². The van der Waals surface area contributed by atoms with Gasteiger partial charge in [0.25, 0.3) is 0 Å². The number of nitrogens with zero attached hydrogens (tertiary/aromatic N) is 1. The Bertz CT molecular complexity index is 532. The lowest BCUT2D eigenvalue weighted by Gasteiger charge is -2.29. The van der Waals surface area contributed by atoms with E-state index in [0.717, 1.165) is 24.3 Å². The van der Waals surface area contributed by atoms with E-state index in [0.29, 0.717) is 37.1 Å². The highest BCUT2D eigenvalue weighted by atomic mass is 35.5. The monoisotopic (exact) mass is 311 g/mol. The normalized spacial score (nSPS) is 23.5. The van der Waals surface area contributed by atoms with Crippen molar-refractivity contribution in [2.75, 3.05) is 33.0 Å². The van der Waals surface area contributed by atoms with Gasteiger partial charge in [0.2, 0.25) is 0 Å². The summed E-state index contributed by atoms with van der Waals surface area (Å²) in [6, 6.07) is 5.52. The van der Waals surface area contributed by atoms with Crippen LogP contribution < -0.4 is 0 Å². The maximum atomic E-state index is 11.4. The first-order valence-electron chi connectivity index (χ1n) is 7.11. The van der Waals surface area contributed by atoms with Gasteiger partial charge in [-0.1, -0.05) is 23.7 Å². The standard InChI is InChI=1S/C15H18ClNO4/c16-13-6-10(11-7-21-8-11)2-3-12(13)14-9-20-5-1-4-17(14)15(18)19/h2-3,6,11,14H,1,4-5,7-9H2,(H,18,19). The predicted octanol–water partition coefficient (Wildman–Crippen LogP) is 2.90. The van der Waals surface area contributed by atoms with Crippen molar-refractivity contribution < 1.29 is 19.4 Å². The molecular weight excluding hydrogens is 294 g/mol. The van der Waals surface area contributed by atoms with E-state index in [-0.39, 0.29) is 6.04 Å². The molecule has 114 valence electrons. The fourth-order valence-electron chi connectivity index (χ4n) is 2.76. The molecular formula is C15H18ClNO4. The highest BCUT2D eigenvalue weighted by molar-refractivity contribution is 6.31. The van der Waals surface area contributed by atoms with Crippen LogP contribution in [0.4, 0.5) is 4.79 Å². The minimum atomic E-state index is -0.932. The first-order valence-corrected chi connectivity index (χ1v) is 7.49. The third-order valence-electron chi connectivity index (χ3n) is 4.08. The van der Waals surface area contributed by atoms with Crippen molar-refractivity contribution in [2.45, 2.75) is 18.4 Å². The molecule has 0 aliphatic carbocycles. The summed E-state index contributed by atoms with van der Waals surface area (Å²) in [5.41, 5.74) is 1.95. The number of hydrogen-bond acceptors (Lipinski definition) is 3. The molecule has 0 radical (unpaired) electrons. The highest BCUT2D eigenvalue weighted by Gasteiger charge is 2.29. The number of ether oxygens (including phenoxy) is 2. The Morgan fingerprint density at radius 1 is 1.29 bits per heavy atom. The van der Waals surface area contributed by atoms with E-state index >= 15 is 0 Å². The SMILES string of the molecule is O=C(O)N1CCCOCC1c1ccc(C2COC2)cc1Cl. The molecule has 0 aromatic heterocycles. The van der Waals surface area contributed by atoms with E-state index in [1.807, 2.05) is 18.2 Å². The van der Waals surface area contributed by atoms with Crippen molar-refractivity contribution in [1.29, 1.82) is 0 Å². The topological polar surface area (TPSA) is 59.0 Å². The van der Waals surface area contributed by atoms with Crippen LogP contribution in [0.15, 0.2) is 18.2 Å². The van der Waals surface area contributed by atoms with Crippen LogP contribution in [0.3, 0.4) is 0 Å². The zero-order valence-electron chi connectivity index (χ0n) is 11.6. The molecule has 3 rings (SSSR count). The zero-order valence-corrected chi connectivity index (χ0v) is 12.4. The lowest BCUT2D eigenvalue weighted by molar-refractivity contribution is 0.00840. The molecule has 1 aromatic carbocycles. The number of rotatable bonds is 2. The smallest absolute Gasteiger partial charge is 0.407 e. The second-order valence-corrected chi connectivity index (χ2v) is 5.84. The molecule has 0 spiro atoms. The number of carbonyl (C=O) groups is 1. The Morgan fingerprint density at radius 2 is 2.10 bits per heavy atom. The van der Waals surface area contributed by atoms with Crippen LogP contribution in [0.5, 0.6) is 0 Å². The summed E-state index contributed by atoms with van der Waals surface area (Å²) in [6.45, 7) is 2.84. The minimum Gasteiger partial charge on any atom is -0.465 e. The van der Waals surface area contributed by atoms with Crippen LogP contribution in [0, 0.1) is 0 Å². The average molecular weight is 312 g/mol. The first kappa shape index (κ1) is 14.6. The summed E-state index contributed by atoms with van der Waals surface area (Å²) in [7, 11) is 0. The number of amides is 1. The number of benzene rings is 1. The quantitative estimate of drug-likeness (QED) is 0.912. The molecule has 21 heavy (non-hydrogen) atoms. The minimum absolute atomic E-state index is 0.343. The van der Waals surface area contributed by atoms with Crippen molar-refractivity contribution in [1.82, 2.24) is 4.90 Å². The molecule has 2 aliphatic heterocycles.